The molecule has 3 aromatic rings. The number of oxazole rings is 1. The highest BCUT2D eigenvalue weighted by Gasteiger charge is 2.55. The molecule has 1 spiro atoms. The fraction of sp³-hybridized carbons (Fsp3) is 0.400. The molecule has 0 radical (unpaired) electrons. The number of carbonyl (C=O) groups is 2. The first-order valence-electron chi connectivity index (χ1n) is 9.45. The van der Waals surface area contributed by atoms with Crippen molar-refractivity contribution in [2.24, 2.45) is 11.3 Å². The van der Waals surface area contributed by atoms with Crippen molar-refractivity contribution < 1.29 is 18.4 Å². The maximum atomic E-state index is 12.4. The zero-order valence-electron chi connectivity index (χ0n) is 15.3. The average Bonchev–Trinajstić information content (AvgIpc) is 3.13. The summed E-state index contributed by atoms with van der Waals surface area (Å²) in [5, 5.41) is 3.86. The normalized spacial score (nSPS) is 20.4. The van der Waals surface area contributed by atoms with E-state index in [1.54, 1.807) is 23.4 Å². The van der Waals surface area contributed by atoms with Crippen molar-refractivity contribution in [3.05, 3.63) is 48.6 Å². The van der Waals surface area contributed by atoms with Crippen LogP contribution in [0.15, 0.2) is 45.8 Å². The molecule has 1 aliphatic carbocycles. The fourth-order valence-corrected chi connectivity index (χ4v) is 4.25. The zero-order chi connectivity index (χ0) is 19.1. The number of rotatable bonds is 4. The predicted octanol–water partition coefficient (Wildman–Crippen LogP) is 2.49. The third-order valence-corrected chi connectivity index (χ3v) is 6.08. The van der Waals surface area contributed by atoms with Crippen molar-refractivity contribution in [1.82, 2.24) is 20.2 Å². The number of hydrogen-bond donors (Lipinski definition) is 1. The lowest BCUT2D eigenvalue weighted by atomic mass is 9.90. The van der Waals surface area contributed by atoms with Crippen LogP contribution in [-0.2, 0) is 0 Å². The van der Waals surface area contributed by atoms with Gasteiger partial charge in [-0.05, 0) is 42.7 Å². The number of carbonyl (C=O) groups excluding carboxylic acids is 2. The topological polar surface area (TPSA) is 101 Å². The Labute approximate surface area is 160 Å². The second kappa shape index (κ2) is 6.47. The van der Waals surface area contributed by atoms with Crippen LogP contribution in [0.3, 0.4) is 0 Å². The minimum Gasteiger partial charge on any atom is -0.449 e. The van der Waals surface area contributed by atoms with Crippen molar-refractivity contribution >= 4 is 22.8 Å². The molecule has 4 heterocycles. The van der Waals surface area contributed by atoms with E-state index in [0.717, 1.165) is 24.6 Å². The van der Waals surface area contributed by atoms with Gasteiger partial charge in [0.1, 0.15) is 6.26 Å². The molecule has 2 fully saturated rings. The van der Waals surface area contributed by atoms with Crippen LogP contribution >= 0.6 is 0 Å². The number of pyridine rings is 1. The van der Waals surface area contributed by atoms with E-state index < -0.39 is 0 Å². The maximum Gasteiger partial charge on any atom is 0.309 e. The van der Waals surface area contributed by atoms with Gasteiger partial charge in [0.05, 0.1) is 12.4 Å². The van der Waals surface area contributed by atoms with Crippen molar-refractivity contribution in [2.45, 2.75) is 19.3 Å². The van der Waals surface area contributed by atoms with Crippen LogP contribution in [0.1, 0.15) is 40.5 Å². The molecule has 1 unspecified atom stereocenters. The number of aromatic nitrogens is 2. The molecule has 144 valence electrons. The van der Waals surface area contributed by atoms with Crippen molar-refractivity contribution in [2.75, 3.05) is 19.6 Å². The number of nitrogens with one attached hydrogen (secondary N) is 1. The van der Waals surface area contributed by atoms with Crippen LogP contribution in [0.25, 0.3) is 11.0 Å². The van der Waals surface area contributed by atoms with E-state index in [1.165, 1.54) is 12.5 Å². The van der Waals surface area contributed by atoms with Gasteiger partial charge in [0.15, 0.2) is 11.3 Å². The van der Waals surface area contributed by atoms with Crippen molar-refractivity contribution in [3.8, 4) is 0 Å². The fourth-order valence-electron chi connectivity index (χ4n) is 4.25. The second-order valence-electron chi connectivity index (χ2n) is 7.63. The SMILES string of the molecule is O=C(NCC1CC12CCN(C(=O)c1ncco1)CC2)c1cc2ccncc2o1. The van der Waals surface area contributed by atoms with E-state index in [-0.39, 0.29) is 23.1 Å². The van der Waals surface area contributed by atoms with Crippen molar-refractivity contribution in [3.63, 3.8) is 0 Å². The molecule has 1 saturated heterocycles. The lowest BCUT2D eigenvalue weighted by molar-refractivity contribution is 0.0629. The third-order valence-electron chi connectivity index (χ3n) is 6.08. The Hall–Kier alpha value is -3.16. The Morgan fingerprint density at radius 2 is 2.14 bits per heavy atom. The predicted molar refractivity (Wildman–Crippen MR) is 98.5 cm³/mol. The molecule has 1 N–H and O–H groups in total. The Bertz CT molecular complexity index is 985. The Morgan fingerprint density at radius 3 is 2.89 bits per heavy atom. The van der Waals surface area contributed by atoms with Crippen LogP contribution in [0, 0.1) is 11.3 Å². The third kappa shape index (κ3) is 2.94. The molecular formula is C20H20N4O4. The van der Waals surface area contributed by atoms with Gasteiger partial charge < -0.3 is 19.1 Å². The highest BCUT2D eigenvalue weighted by molar-refractivity contribution is 5.95. The molecule has 1 saturated carbocycles. The average molecular weight is 380 g/mol. The lowest BCUT2D eigenvalue weighted by Gasteiger charge is -2.32. The van der Waals surface area contributed by atoms with Crippen LogP contribution in [-0.4, -0.2) is 46.3 Å². The van der Waals surface area contributed by atoms with Gasteiger partial charge in [0.2, 0.25) is 0 Å². The van der Waals surface area contributed by atoms with Crippen LogP contribution in [0.4, 0.5) is 0 Å². The number of fused-ring (bicyclic) bond motifs is 1. The number of nitrogens with zero attached hydrogens (tertiary/aromatic N) is 3. The first-order chi connectivity index (χ1) is 13.6. The number of piperidine rings is 1. The molecule has 5 rings (SSSR count). The first kappa shape index (κ1) is 17.0. The molecule has 3 aromatic heterocycles. The summed E-state index contributed by atoms with van der Waals surface area (Å²) in [7, 11) is 0. The molecule has 1 aliphatic heterocycles. The quantitative estimate of drug-likeness (QED) is 0.746. The van der Waals surface area contributed by atoms with Crippen LogP contribution in [0.5, 0.6) is 0 Å². The first-order valence-corrected chi connectivity index (χ1v) is 9.45. The van der Waals surface area contributed by atoms with Gasteiger partial charge in [0.25, 0.3) is 11.8 Å². The highest BCUT2D eigenvalue weighted by atomic mass is 16.4. The van der Waals surface area contributed by atoms with Crippen LogP contribution in [0.2, 0.25) is 0 Å². The molecule has 0 aromatic carbocycles. The lowest BCUT2D eigenvalue weighted by Crippen LogP contribution is -2.40. The maximum absolute atomic E-state index is 12.4. The molecule has 1 atom stereocenters. The summed E-state index contributed by atoms with van der Waals surface area (Å²) in [5.41, 5.74) is 0.844. The van der Waals surface area contributed by atoms with E-state index in [9.17, 15) is 9.59 Å². The smallest absolute Gasteiger partial charge is 0.309 e. The van der Waals surface area contributed by atoms with E-state index >= 15 is 0 Å². The van der Waals surface area contributed by atoms with Crippen LogP contribution < -0.4 is 5.32 Å². The number of amides is 2. The minimum atomic E-state index is -0.199. The molecular weight excluding hydrogens is 360 g/mol. The van der Waals surface area contributed by atoms with E-state index in [0.29, 0.717) is 36.9 Å². The Kier molecular flexibility index (Phi) is 3.92. The summed E-state index contributed by atoms with van der Waals surface area (Å²) < 4.78 is 10.7. The molecule has 2 aliphatic rings. The molecule has 28 heavy (non-hydrogen) atoms. The van der Waals surface area contributed by atoms with Gasteiger partial charge >= 0.3 is 5.91 Å². The van der Waals surface area contributed by atoms with Gasteiger partial charge in [-0.3, -0.25) is 14.6 Å². The monoisotopic (exact) mass is 380 g/mol. The largest absolute Gasteiger partial charge is 0.449 e. The van der Waals surface area contributed by atoms with Gasteiger partial charge in [-0.25, -0.2) is 4.98 Å². The molecule has 8 nitrogen and oxygen atoms in total. The van der Waals surface area contributed by atoms with E-state index in [4.69, 9.17) is 8.83 Å². The Balaban J connectivity index is 1.14. The number of likely N-dealkylation sites (tertiary alicyclic amines) is 1. The summed E-state index contributed by atoms with van der Waals surface area (Å²) in [6.07, 6.45) is 9.14. The van der Waals surface area contributed by atoms with Gasteiger partial charge in [-0.1, -0.05) is 0 Å². The molecule has 0 bridgehead atoms. The van der Waals surface area contributed by atoms with Gasteiger partial charge in [-0.2, -0.15) is 0 Å². The van der Waals surface area contributed by atoms with E-state index in [1.807, 2.05) is 6.07 Å². The van der Waals surface area contributed by atoms with Gasteiger partial charge in [-0.15, -0.1) is 0 Å². The van der Waals surface area contributed by atoms with E-state index in [2.05, 4.69) is 15.3 Å². The summed E-state index contributed by atoms with van der Waals surface area (Å²) in [5.74, 6) is 0.557. The molecule has 2 amide bonds. The van der Waals surface area contributed by atoms with Gasteiger partial charge in [0, 0.05) is 31.2 Å². The second-order valence-corrected chi connectivity index (χ2v) is 7.63. The minimum absolute atomic E-state index is 0.148. The summed E-state index contributed by atoms with van der Waals surface area (Å²) >= 11 is 0. The summed E-state index contributed by atoms with van der Waals surface area (Å²) in [6, 6.07) is 3.56. The summed E-state index contributed by atoms with van der Waals surface area (Å²) in [6.45, 7) is 2.02. The standard InChI is InChI=1S/C20H20N4O4/c25-17(15-9-13-1-4-21-12-16(13)28-15)23-11-14-10-20(14)2-6-24(7-3-20)19(26)18-22-5-8-27-18/h1,4-5,8-9,12,14H,2-3,6-7,10-11H2,(H,23,25). The summed E-state index contributed by atoms with van der Waals surface area (Å²) in [4.78, 5) is 34.4. The zero-order valence-corrected chi connectivity index (χ0v) is 15.3. The highest BCUT2D eigenvalue weighted by Crippen LogP contribution is 2.59. The Morgan fingerprint density at radius 1 is 1.29 bits per heavy atom. The molecule has 8 heteroatoms. The van der Waals surface area contributed by atoms with Crippen molar-refractivity contribution in [1.29, 1.82) is 0 Å². The number of hydrogen-bond acceptors (Lipinski definition) is 6. The number of furan rings is 1.